The van der Waals surface area contributed by atoms with E-state index in [0.29, 0.717) is 11.5 Å². The Labute approximate surface area is 153 Å². The van der Waals surface area contributed by atoms with E-state index >= 15 is 0 Å². The predicted molar refractivity (Wildman–Crippen MR) is 91.9 cm³/mol. The number of carbonyl (C=O) groups is 3. The number of hydrogen-bond donors (Lipinski definition) is 0. The number of halogens is 1. The molecule has 0 saturated carbocycles. The van der Waals surface area contributed by atoms with Gasteiger partial charge in [0.15, 0.2) is 12.4 Å². The van der Waals surface area contributed by atoms with Crippen LogP contribution in [0.2, 0.25) is 0 Å². The second-order valence-electron chi connectivity index (χ2n) is 5.68. The average Bonchev–Trinajstić information content (AvgIpc) is 3.28. The Morgan fingerprint density at radius 2 is 2.00 bits per heavy atom. The molecule has 1 aliphatic rings. The van der Waals surface area contributed by atoms with Gasteiger partial charge in [-0.15, -0.1) is 11.8 Å². The summed E-state index contributed by atoms with van der Waals surface area (Å²) in [4.78, 5) is 37.9. The molecule has 2 aromatic rings. The van der Waals surface area contributed by atoms with E-state index in [9.17, 15) is 18.8 Å². The zero-order valence-electron chi connectivity index (χ0n) is 13.9. The highest BCUT2D eigenvalue weighted by atomic mass is 32.2. The number of amides is 1. The first-order valence-electron chi connectivity index (χ1n) is 7.86. The number of hydrogen-bond acceptors (Lipinski definition) is 6. The van der Waals surface area contributed by atoms with Gasteiger partial charge in [-0.3, -0.25) is 9.59 Å². The lowest BCUT2D eigenvalue weighted by atomic mass is 10.1. The van der Waals surface area contributed by atoms with E-state index in [1.807, 2.05) is 0 Å². The fourth-order valence-corrected chi connectivity index (χ4v) is 4.09. The van der Waals surface area contributed by atoms with Crippen molar-refractivity contribution < 1.29 is 27.9 Å². The number of esters is 1. The molecule has 0 aliphatic carbocycles. The summed E-state index contributed by atoms with van der Waals surface area (Å²) < 4.78 is 23.3. The van der Waals surface area contributed by atoms with Crippen molar-refractivity contribution in [3.63, 3.8) is 0 Å². The van der Waals surface area contributed by atoms with Crippen LogP contribution < -0.4 is 0 Å². The van der Waals surface area contributed by atoms with Crippen molar-refractivity contribution in [3.8, 4) is 0 Å². The van der Waals surface area contributed by atoms with Gasteiger partial charge in [0, 0.05) is 18.2 Å². The molecule has 1 aromatic heterocycles. The Balaban J connectivity index is 1.64. The van der Waals surface area contributed by atoms with Gasteiger partial charge in [-0.05, 0) is 36.4 Å². The van der Waals surface area contributed by atoms with E-state index in [-0.39, 0.29) is 11.5 Å². The molecule has 0 radical (unpaired) electrons. The van der Waals surface area contributed by atoms with E-state index in [0.717, 1.165) is 12.1 Å². The van der Waals surface area contributed by atoms with Crippen LogP contribution in [0.5, 0.6) is 0 Å². The summed E-state index contributed by atoms with van der Waals surface area (Å²) in [5, 5.41) is -0.409. The van der Waals surface area contributed by atoms with E-state index < -0.39 is 35.6 Å². The van der Waals surface area contributed by atoms with Crippen LogP contribution in [0.25, 0.3) is 0 Å². The maximum atomic E-state index is 12.9. The third kappa shape index (κ3) is 3.80. The maximum absolute atomic E-state index is 12.9. The lowest BCUT2D eigenvalue weighted by Crippen LogP contribution is -2.43. The van der Waals surface area contributed by atoms with Gasteiger partial charge in [0.2, 0.25) is 5.91 Å². The largest absolute Gasteiger partial charge is 0.466 e. The molecular weight excluding hydrogens is 361 g/mol. The van der Waals surface area contributed by atoms with Crippen molar-refractivity contribution in [2.24, 2.45) is 0 Å². The number of rotatable bonds is 5. The Kier molecular flexibility index (Phi) is 5.41. The van der Waals surface area contributed by atoms with Crippen LogP contribution in [0.4, 0.5) is 4.39 Å². The summed E-state index contributed by atoms with van der Waals surface area (Å²) in [5.74, 6) is -0.930. The molecule has 0 N–H and O–H groups in total. The summed E-state index contributed by atoms with van der Waals surface area (Å²) >= 11 is 1.39. The summed E-state index contributed by atoms with van der Waals surface area (Å²) in [7, 11) is 0. The number of nitrogens with zero attached hydrogens (tertiary/aromatic N) is 1. The number of furan rings is 1. The van der Waals surface area contributed by atoms with Crippen molar-refractivity contribution in [2.75, 3.05) is 12.4 Å². The Bertz CT molecular complexity index is 805. The van der Waals surface area contributed by atoms with Gasteiger partial charge in [0.25, 0.3) is 0 Å². The standard InChI is InChI=1S/C18H16FNO5S/c1-11(21)20-14(10-26-17(20)16-3-2-8-24-16)18(23)25-9-15(22)12-4-6-13(19)7-5-12/h2-8,14,17H,9-10H2,1H3/t14-,17+/m0/s1. The van der Waals surface area contributed by atoms with Gasteiger partial charge < -0.3 is 14.1 Å². The molecule has 0 bridgehead atoms. The summed E-state index contributed by atoms with van der Waals surface area (Å²) in [5.41, 5.74) is 0.247. The summed E-state index contributed by atoms with van der Waals surface area (Å²) in [6.07, 6.45) is 1.50. The molecule has 1 amide bonds. The highest BCUT2D eigenvalue weighted by molar-refractivity contribution is 7.99. The molecule has 3 rings (SSSR count). The third-order valence-corrected chi connectivity index (χ3v) is 5.22. The molecule has 2 atom stereocenters. The van der Waals surface area contributed by atoms with Crippen molar-refractivity contribution in [2.45, 2.75) is 18.3 Å². The highest BCUT2D eigenvalue weighted by Crippen LogP contribution is 2.41. The third-order valence-electron chi connectivity index (χ3n) is 3.93. The molecule has 1 aromatic carbocycles. The lowest BCUT2D eigenvalue weighted by molar-refractivity contribution is -0.152. The molecule has 0 unspecified atom stereocenters. The van der Waals surface area contributed by atoms with Crippen molar-refractivity contribution in [1.29, 1.82) is 0 Å². The van der Waals surface area contributed by atoms with Crippen LogP contribution in [0.1, 0.15) is 28.4 Å². The van der Waals surface area contributed by atoms with Gasteiger partial charge in [0.1, 0.15) is 23.0 Å². The van der Waals surface area contributed by atoms with Crippen LogP contribution in [0.3, 0.4) is 0 Å². The number of Topliss-reactive ketones (excluding diaryl/α,β-unsaturated/α-hetero) is 1. The highest BCUT2D eigenvalue weighted by Gasteiger charge is 2.43. The summed E-state index contributed by atoms with van der Waals surface area (Å²) in [6, 6.07) is 7.62. The zero-order chi connectivity index (χ0) is 18.7. The number of carbonyl (C=O) groups excluding carboxylic acids is 3. The topological polar surface area (TPSA) is 76.8 Å². The van der Waals surface area contributed by atoms with E-state index in [1.165, 1.54) is 42.0 Å². The Morgan fingerprint density at radius 3 is 2.62 bits per heavy atom. The number of benzene rings is 1. The van der Waals surface area contributed by atoms with Crippen molar-refractivity contribution in [1.82, 2.24) is 4.90 Å². The van der Waals surface area contributed by atoms with Crippen LogP contribution in [0.15, 0.2) is 47.1 Å². The van der Waals surface area contributed by atoms with E-state index in [4.69, 9.17) is 9.15 Å². The fourth-order valence-electron chi connectivity index (χ4n) is 2.68. The van der Waals surface area contributed by atoms with Gasteiger partial charge in [-0.2, -0.15) is 0 Å². The Hall–Kier alpha value is -2.61. The summed E-state index contributed by atoms with van der Waals surface area (Å²) in [6.45, 7) is 0.897. The smallest absolute Gasteiger partial charge is 0.330 e. The molecule has 0 spiro atoms. The Morgan fingerprint density at radius 1 is 1.27 bits per heavy atom. The molecule has 8 heteroatoms. The molecule has 26 heavy (non-hydrogen) atoms. The molecule has 1 aliphatic heterocycles. The van der Waals surface area contributed by atoms with Crippen LogP contribution in [-0.4, -0.2) is 41.0 Å². The lowest BCUT2D eigenvalue weighted by Gasteiger charge is -2.25. The van der Waals surface area contributed by atoms with Gasteiger partial charge in [0.05, 0.1) is 6.26 Å². The average molecular weight is 377 g/mol. The van der Waals surface area contributed by atoms with Crippen LogP contribution >= 0.6 is 11.8 Å². The van der Waals surface area contributed by atoms with Gasteiger partial charge >= 0.3 is 5.97 Å². The van der Waals surface area contributed by atoms with Crippen molar-refractivity contribution >= 4 is 29.4 Å². The maximum Gasteiger partial charge on any atom is 0.330 e. The SMILES string of the molecule is CC(=O)N1[C@@H](c2ccco2)SC[C@H]1C(=O)OCC(=O)c1ccc(F)cc1. The second-order valence-corrected chi connectivity index (χ2v) is 6.79. The number of thioether (sulfide) groups is 1. The normalized spacial score (nSPS) is 19.4. The van der Waals surface area contributed by atoms with Crippen LogP contribution in [0, 0.1) is 5.82 Å². The minimum absolute atomic E-state index is 0.247. The first kappa shape index (κ1) is 18.2. The van der Waals surface area contributed by atoms with E-state index in [2.05, 4.69) is 0 Å². The quantitative estimate of drug-likeness (QED) is 0.589. The molecule has 2 heterocycles. The molecule has 1 saturated heterocycles. The molecule has 136 valence electrons. The molecular formula is C18H16FNO5S. The molecule has 1 fully saturated rings. The number of ketones is 1. The van der Waals surface area contributed by atoms with Gasteiger partial charge in [-0.1, -0.05) is 0 Å². The minimum Gasteiger partial charge on any atom is -0.466 e. The van der Waals surface area contributed by atoms with E-state index in [1.54, 1.807) is 12.1 Å². The fraction of sp³-hybridized carbons (Fsp3) is 0.278. The second kappa shape index (κ2) is 7.74. The minimum atomic E-state index is -0.798. The predicted octanol–water partition coefficient (Wildman–Crippen LogP) is 2.81. The molecule has 6 nitrogen and oxygen atoms in total. The monoisotopic (exact) mass is 377 g/mol. The first-order valence-corrected chi connectivity index (χ1v) is 8.91. The van der Waals surface area contributed by atoms with Gasteiger partial charge in [-0.25, -0.2) is 9.18 Å². The zero-order valence-corrected chi connectivity index (χ0v) is 14.7. The number of ether oxygens (including phenoxy) is 1. The van der Waals surface area contributed by atoms with Crippen LogP contribution in [-0.2, 0) is 14.3 Å². The van der Waals surface area contributed by atoms with Crippen molar-refractivity contribution in [3.05, 3.63) is 59.8 Å². The first-order chi connectivity index (χ1) is 12.5.